The molecule has 1 aliphatic heterocycles. The van der Waals surface area contributed by atoms with Gasteiger partial charge >= 0.3 is 7.12 Å². The molecule has 2 nitrogen and oxygen atoms in total. The lowest BCUT2D eigenvalue weighted by Crippen LogP contribution is -2.41. The number of unbranched alkanes of at least 4 members (excludes halogenated alkanes) is 2. The van der Waals surface area contributed by atoms with Crippen molar-refractivity contribution in [1.29, 1.82) is 0 Å². The quantitative estimate of drug-likeness (QED) is 0.329. The van der Waals surface area contributed by atoms with E-state index in [-0.39, 0.29) is 18.3 Å². The van der Waals surface area contributed by atoms with Crippen LogP contribution in [0.2, 0.25) is 0 Å². The molecule has 0 atom stereocenters. The van der Waals surface area contributed by atoms with E-state index in [1.807, 2.05) is 5.98 Å². The Bertz CT molecular complexity index is 235. The zero-order valence-corrected chi connectivity index (χ0v) is 12.9. The summed E-state index contributed by atoms with van der Waals surface area (Å²) in [5.74, 6) is 2.05. The van der Waals surface area contributed by atoms with E-state index in [2.05, 4.69) is 56.4 Å². The summed E-state index contributed by atoms with van der Waals surface area (Å²) in [6.07, 6.45) is 5.83. The van der Waals surface area contributed by atoms with Crippen molar-refractivity contribution in [2.75, 3.05) is 4.43 Å². The Balaban J connectivity index is 2.36. The number of hydrogen-bond donors (Lipinski definition) is 0. The molecule has 1 heterocycles. The molecule has 1 rings (SSSR count). The maximum absolute atomic E-state index is 5.86. The normalized spacial score (nSPS) is 23.2. The van der Waals surface area contributed by atoms with Crippen LogP contribution in [-0.4, -0.2) is 22.7 Å². The van der Waals surface area contributed by atoms with Gasteiger partial charge in [0.15, 0.2) is 0 Å². The summed E-state index contributed by atoms with van der Waals surface area (Å²) in [6, 6.07) is 0. The average Bonchev–Trinajstić information content (AvgIpc) is 2.35. The van der Waals surface area contributed by atoms with Crippen molar-refractivity contribution < 1.29 is 9.31 Å². The number of halogens is 1. The highest BCUT2D eigenvalue weighted by molar-refractivity contribution is 14.1. The third-order valence-corrected chi connectivity index (χ3v) is 4.08. The van der Waals surface area contributed by atoms with Gasteiger partial charge in [-0.05, 0) is 51.4 Å². The number of hydrogen-bond acceptors (Lipinski definition) is 2. The van der Waals surface area contributed by atoms with Gasteiger partial charge in [-0.25, -0.2) is 0 Å². The monoisotopic (exact) mass is 336 g/mol. The van der Waals surface area contributed by atoms with Crippen LogP contribution < -0.4 is 0 Å². The molecule has 0 bridgehead atoms. The first-order valence-electron chi connectivity index (χ1n) is 5.97. The topological polar surface area (TPSA) is 18.5 Å². The highest BCUT2D eigenvalue weighted by Gasteiger charge is 2.49. The third kappa shape index (κ3) is 3.74. The summed E-state index contributed by atoms with van der Waals surface area (Å²) in [6.45, 7) is 8.32. The minimum absolute atomic E-state index is 0.176. The smallest absolute Gasteiger partial charge is 0.400 e. The Morgan fingerprint density at radius 2 is 1.62 bits per heavy atom. The summed E-state index contributed by atoms with van der Waals surface area (Å²) in [5.41, 5.74) is -0.436. The van der Waals surface area contributed by atoms with Gasteiger partial charge in [-0.3, -0.25) is 0 Å². The van der Waals surface area contributed by atoms with Gasteiger partial charge in [0.25, 0.3) is 0 Å². The Kier molecular flexibility index (Phi) is 5.33. The molecule has 0 aromatic rings. The fourth-order valence-corrected chi connectivity index (χ4v) is 2.07. The minimum atomic E-state index is -0.218. The molecule has 1 saturated heterocycles. The predicted octanol–water partition coefficient (Wildman–Crippen LogP) is 3.78. The van der Waals surface area contributed by atoms with Gasteiger partial charge in [-0.1, -0.05) is 34.6 Å². The summed E-state index contributed by atoms with van der Waals surface area (Å²) < 4.78 is 13.0. The molecule has 0 unspecified atom stereocenters. The minimum Gasteiger partial charge on any atom is -0.400 e. The molecule has 0 spiro atoms. The van der Waals surface area contributed by atoms with Gasteiger partial charge in [0.2, 0.25) is 0 Å². The maximum atomic E-state index is 5.86. The molecule has 1 fully saturated rings. The molecule has 0 N–H and O–H groups in total. The second kappa shape index (κ2) is 5.87. The van der Waals surface area contributed by atoms with Crippen LogP contribution >= 0.6 is 22.6 Å². The predicted molar refractivity (Wildman–Crippen MR) is 78.0 cm³/mol. The molecular formula is C12H22BIO2. The summed E-state index contributed by atoms with van der Waals surface area (Å²) >= 11 is 2.41. The Hall–Kier alpha value is 0.455. The van der Waals surface area contributed by atoms with Crippen LogP contribution in [-0.2, 0) is 9.31 Å². The molecule has 0 saturated carbocycles. The molecule has 0 amide bonds. The molecular weight excluding hydrogens is 314 g/mol. The lowest BCUT2D eigenvalue weighted by molar-refractivity contribution is 0.00578. The summed E-state index contributed by atoms with van der Waals surface area (Å²) in [4.78, 5) is 0. The maximum Gasteiger partial charge on any atom is 0.486 e. The molecule has 92 valence electrons. The molecule has 1 aliphatic rings. The average molecular weight is 336 g/mol. The van der Waals surface area contributed by atoms with Crippen molar-refractivity contribution in [2.24, 2.45) is 0 Å². The van der Waals surface area contributed by atoms with E-state index in [0.29, 0.717) is 0 Å². The van der Waals surface area contributed by atoms with Crippen LogP contribution in [0.15, 0.2) is 12.1 Å². The fourth-order valence-electron chi connectivity index (χ4n) is 1.53. The van der Waals surface area contributed by atoms with E-state index < -0.39 is 0 Å². The third-order valence-electron chi connectivity index (χ3n) is 3.32. The Morgan fingerprint density at radius 1 is 1.06 bits per heavy atom. The molecule has 0 aromatic heterocycles. The van der Waals surface area contributed by atoms with Crippen molar-refractivity contribution in [1.82, 2.24) is 0 Å². The summed E-state index contributed by atoms with van der Waals surface area (Å²) in [5, 5.41) is 0. The molecule has 0 aromatic carbocycles. The first kappa shape index (κ1) is 14.5. The highest BCUT2D eigenvalue weighted by Crippen LogP contribution is 2.36. The fraction of sp³-hybridized carbons (Fsp3) is 0.833. The van der Waals surface area contributed by atoms with E-state index in [1.54, 1.807) is 0 Å². The molecule has 16 heavy (non-hydrogen) atoms. The van der Waals surface area contributed by atoms with Crippen LogP contribution in [0.3, 0.4) is 0 Å². The first-order chi connectivity index (χ1) is 7.39. The van der Waals surface area contributed by atoms with Crippen LogP contribution in [0.5, 0.6) is 0 Å². The lowest BCUT2D eigenvalue weighted by Gasteiger charge is -2.32. The van der Waals surface area contributed by atoms with Crippen LogP contribution in [0, 0.1) is 0 Å². The number of rotatable bonds is 5. The molecule has 0 radical (unpaired) electrons. The van der Waals surface area contributed by atoms with E-state index in [4.69, 9.17) is 9.31 Å². The zero-order valence-electron chi connectivity index (χ0n) is 10.8. The second-order valence-corrected chi connectivity index (χ2v) is 6.32. The van der Waals surface area contributed by atoms with Gasteiger partial charge in [0.05, 0.1) is 11.2 Å². The number of allylic oxidation sites excluding steroid dienone is 1. The molecule has 4 heteroatoms. The largest absolute Gasteiger partial charge is 0.486 e. The first-order valence-corrected chi connectivity index (χ1v) is 7.50. The van der Waals surface area contributed by atoms with Crippen molar-refractivity contribution in [3.05, 3.63) is 12.1 Å². The SMILES string of the molecule is CC1(C)OB(/C=C/CCCCI)OC1(C)C. The van der Waals surface area contributed by atoms with Crippen molar-refractivity contribution in [3.63, 3.8) is 0 Å². The Morgan fingerprint density at radius 3 is 2.12 bits per heavy atom. The van der Waals surface area contributed by atoms with Crippen molar-refractivity contribution in [2.45, 2.75) is 58.2 Å². The van der Waals surface area contributed by atoms with Gasteiger partial charge < -0.3 is 9.31 Å². The van der Waals surface area contributed by atoms with E-state index >= 15 is 0 Å². The Labute approximate surface area is 113 Å². The number of alkyl halides is 1. The summed E-state index contributed by atoms with van der Waals surface area (Å²) in [7, 11) is -0.176. The van der Waals surface area contributed by atoms with Crippen LogP contribution in [0.1, 0.15) is 47.0 Å². The van der Waals surface area contributed by atoms with Crippen molar-refractivity contribution >= 4 is 29.7 Å². The van der Waals surface area contributed by atoms with Gasteiger partial charge in [0, 0.05) is 0 Å². The van der Waals surface area contributed by atoms with Gasteiger partial charge in [0.1, 0.15) is 0 Å². The lowest BCUT2D eigenvalue weighted by atomic mass is 9.89. The second-order valence-electron chi connectivity index (χ2n) is 5.24. The van der Waals surface area contributed by atoms with E-state index in [1.165, 1.54) is 17.3 Å². The van der Waals surface area contributed by atoms with Crippen LogP contribution in [0.4, 0.5) is 0 Å². The standard InChI is InChI=1S/C12H22BIO2/c1-11(2)12(3,4)16-13(15-11)9-7-5-6-8-10-14/h7,9H,5-6,8,10H2,1-4H3/b9-7+. The van der Waals surface area contributed by atoms with E-state index in [0.717, 1.165) is 6.42 Å². The van der Waals surface area contributed by atoms with Crippen LogP contribution in [0.25, 0.3) is 0 Å². The highest BCUT2D eigenvalue weighted by atomic mass is 127. The van der Waals surface area contributed by atoms with E-state index in [9.17, 15) is 0 Å². The van der Waals surface area contributed by atoms with Gasteiger partial charge in [-0.2, -0.15) is 0 Å². The van der Waals surface area contributed by atoms with Crippen molar-refractivity contribution in [3.8, 4) is 0 Å². The molecule has 0 aliphatic carbocycles. The zero-order chi connectivity index (χ0) is 12.2. The van der Waals surface area contributed by atoms with Gasteiger partial charge in [-0.15, -0.1) is 0 Å².